The van der Waals surface area contributed by atoms with E-state index in [0.29, 0.717) is 5.92 Å². The van der Waals surface area contributed by atoms with E-state index in [2.05, 4.69) is 18.1 Å². The molecule has 4 aliphatic rings. The molecule has 0 aromatic rings. The van der Waals surface area contributed by atoms with E-state index in [1.807, 2.05) is 5.57 Å². The Morgan fingerprint density at radius 3 is 1.50 bits per heavy atom. The van der Waals surface area contributed by atoms with Crippen LogP contribution in [0.5, 0.6) is 0 Å². The van der Waals surface area contributed by atoms with E-state index in [9.17, 15) is 0 Å². The molecule has 2 radical (unpaired) electrons. The van der Waals surface area contributed by atoms with Crippen LogP contribution in [0.3, 0.4) is 0 Å². The molecule has 0 bridgehead atoms. The molecule has 0 saturated heterocycles. The van der Waals surface area contributed by atoms with Gasteiger partial charge in [0.05, 0.1) is 6.54 Å². The number of hydrogen-bond acceptors (Lipinski definition) is 1. The monoisotopic (exact) mass is 411 g/mol. The van der Waals surface area contributed by atoms with Crippen LogP contribution in [0.25, 0.3) is 0 Å². The molecular formula is C29H49N. The van der Waals surface area contributed by atoms with Crippen LogP contribution < -0.4 is 5.32 Å². The highest BCUT2D eigenvalue weighted by atomic mass is 14.9. The van der Waals surface area contributed by atoms with Gasteiger partial charge >= 0.3 is 0 Å². The van der Waals surface area contributed by atoms with Crippen LogP contribution in [0.4, 0.5) is 0 Å². The maximum atomic E-state index is 3.89. The Hall–Kier alpha value is -0.460. The molecule has 0 amide bonds. The predicted molar refractivity (Wildman–Crippen MR) is 129 cm³/mol. The van der Waals surface area contributed by atoms with Crippen LogP contribution in [-0.2, 0) is 0 Å². The molecule has 0 aromatic carbocycles. The second-order valence-electron chi connectivity index (χ2n) is 11.2. The Morgan fingerprint density at radius 2 is 0.967 bits per heavy atom. The first-order valence-corrected chi connectivity index (χ1v) is 14.1. The molecule has 0 aromatic heterocycles. The topological polar surface area (TPSA) is 12.0 Å². The van der Waals surface area contributed by atoms with E-state index in [1.165, 1.54) is 135 Å². The van der Waals surface area contributed by atoms with Gasteiger partial charge in [0.15, 0.2) is 0 Å². The van der Waals surface area contributed by atoms with E-state index in [-0.39, 0.29) is 0 Å². The summed E-state index contributed by atoms with van der Waals surface area (Å²) in [7, 11) is 0. The standard InChI is InChI=1S/C29H49N/c1-4-10-16-24(17-11-5-1)27-22-30-23-28(25-18-12-6-2-7-13-19-25)29(27)26-20-14-8-3-9-15-21-26/h22,24-26,28-30H,1-21H2. The molecule has 1 N–H and O–H groups in total. The molecule has 4 rings (SSSR count). The van der Waals surface area contributed by atoms with Gasteiger partial charge < -0.3 is 5.32 Å². The van der Waals surface area contributed by atoms with Crippen molar-refractivity contribution in [1.29, 1.82) is 0 Å². The van der Waals surface area contributed by atoms with Crippen LogP contribution in [0.2, 0.25) is 0 Å². The van der Waals surface area contributed by atoms with Crippen molar-refractivity contribution in [2.45, 2.75) is 135 Å². The van der Waals surface area contributed by atoms with Crippen LogP contribution in [0.15, 0.2) is 11.8 Å². The molecule has 3 fully saturated rings. The van der Waals surface area contributed by atoms with Gasteiger partial charge in [-0.25, -0.2) is 0 Å². The van der Waals surface area contributed by atoms with Gasteiger partial charge in [-0.3, -0.25) is 0 Å². The van der Waals surface area contributed by atoms with Crippen molar-refractivity contribution in [1.82, 2.24) is 5.32 Å². The lowest BCUT2D eigenvalue weighted by molar-refractivity contribution is 0.142. The number of nitrogens with one attached hydrogen (secondary N) is 1. The van der Waals surface area contributed by atoms with Crippen molar-refractivity contribution in [3.8, 4) is 0 Å². The summed E-state index contributed by atoms with van der Waals surface area (Å²) < 4.78 is 0. The highest BCUT2D eigenvalue weighted by Gasteiger charge is 2.41. The second-order valence-corrected chi connectivity index (χ2v) is 11.2. The zero-order chi connectivity index (χ0) is 20.4. The molecular weight excluding hydrogens is 362 g/mol. The number of hydrogen-bond donors (Lipinski definition) is 1. The third-order valence-electron chi connectivity index (χ3n) is 9.15. The summed E-state index contributed by atoms with van der Waals surface area (Å²) in [4.78, 5) is 0. The summed E-state index contributed by atoms with van der Waals surface area (Å²) in [6.07, 6.45) is 33.3. The Balaban J connectivity index is 1.56. The fourth-order valence-corrected chi connectivity index (χ4v) is 7.46. The SMILES string of the molecule is [C]1NC=C(C2CCCCCCC2)C(C2CCCCCCC2)C1C1CCCCCCC1. The van der Waals surface area contributed by atoms with Gasteiger partial charge in [-0.05, 0) is 67.0 Å². The summed E-state index contributed by atoms with van der Waals surface area (Å²) in [5.74, 6) is 4.14. The van der Waals surface area contributed by atoms with Crippen molar-refractivity contribution >= 4 is 0 Å². The molecule has 1 heterocycles. The molecule has 30 heavy (non-hydrogen) atoms. The van der Waals surface area contributed by atoms with E-state index < -0.39 is 0 Å². The highest BCUT2D eigenvalue weighted by molar-refractivity contribution is 5.20. The normalized spacial score (nSPS) is 32.5. The second kappa shape index (κ2) is 12.5. The molecule has 170 valence electrons. The maximum Gasteiger partial charge on any atom is 0.0919 e. The van der Waals surface area contributed by atoms with Crippen LogP contribution in [-0.4, -0.2) is 0 Å². The summed E-state index contributed by atoms with van der Waals surface area (Å²) in [6.45, 7) is 3.89. The van der Waals surface area contributed by atoms with Crippen LogP contribution in [0.1, 0.15) is 135 Å². The summed E-state index contributed by atoms with van der Waals surface area (Å²) in [5.41, 5.74) is 1.85. The summed E-state index contributed by atoms with van der Waals surface area (Å²) in [5, 5.41) is 3.64. The van der Waals surface area contributed by atoms with Gasteiger partial charge in [-0.2, -0.15) is 0 Å². The predicted octanol–water partition coefficient (Wildman–Crippen LogP) is 8.83. The molecule has 3 aliphatic carbocycles. The Morgan fingerprint density at radius 1 is 0.533 bits per heavy atom. The third kappa shape index (κ3) is 6.29. The van der Waals surface area contributed by atoms with Gasteiger partial charge in [-0.15, -0.1) is 0 Å². The molecule has 2 unspecified atom stereocenters. The third-order valence-corrected chi connectivity index (χ3v) is 9.15. The van der Waals surface area contributed by atoms with Crippen molar-refractivity contribution in [3.05, 3.63) is 18.3 Å². The quantitative estimate of drug-likeness (QED) is 0.489. The Labute approximate surface area is 188 Å². The van der Waals surface area contributed by atoms with Crippen LogP contribution >= 0.6 is 0 Å². The largest absolute Gasteiger partial charge is 0.381 e. The highest BCUT2D eigenvalue weighted by Crippen LogP contribution is 2.48. The average Bonchev–Trinajstić information content (AvgIpc) is 2.67. The minimum Gasteiger partial charge on any atom is -0.381 e. The molecule has 0 spiro atoms. The van der Waals surface area contributed by atoms with Gasteiger partial charge in [0.2, 0.25) is 0 Å². The van der Waals surface area contributed by atoms with Gasteiger partial charge in [0.25, 0.3) is 0 Å². The molecule has 1 nitrogen and oxygen atoms in total. The number of rotatable bonds is 3. The van der Waals surface area contributed by atoms with Crippen molar-refractivity contribution < 1.29 is 0 Å². The van der Waals surface area contributed by atoms with Crippen LogP contribution in [0, 0.1) is 36.1 Å². The fourth-order valence-electron chi connectivity index (χ4n) is 7.46. The Bertz CT molecular complexity index is 484. The maximum absolute atomic E-state index is 3.89. The van der Waals surface area contributed by atoms with E-state index in [1.54, 1.807) is 0 Å². The summed E-state index contributed by atoms with van der Waals surface area (Å²) in [6, 6.07) is 0. The van der Waals surface area contributed by atoms with Crippen molar-refractivity contribution in [3.63, 3.8) is 0 Å². The molecule has 3 saturated carbocycles. The zero-order valence-corrected chi connectivity index (χ0v) is 19.8. The van der Waals surface area contributed by atoms with Gasteiger partial charge in [0.1, 0.15) is 0 Å². The first kappa shape index (κ1) is 22.7. The summed E-state index contributed by atoms with van der Waals surface area (Å²) >= 11 is 0. The Kier molecular flexibility index (Phi) is 9.50. The van der Waals surface area contributed by atoms with E-state index >= 15 is 0 Å². The minimum atomic E-state index is 0.679. The molecule has 1 heteroatoms. The smallest absolute Gasteiger partial charge is 0.0919 e. The molecule has 1 aliphatic heterocycles. The van der Waals surface area contributed by atoms with Gasteiger partial charge in [0, 0.05) is 0 Å². The zero-order valence-electron chi connectivity index (χ0n) is 19.8. The van der Waals surface area contributed by atoms with E-state index in [4.69, 9.17) is 0 Å². The molecule has 2 atom stereocenters. The van der Waals surface area contributed by atoms with Crippen molar-refractivity contribution in [2.24, 2.45) is 29.6 Å². The van der Waals surface area contributed by atoms with E-state index in [0.717, 1.165) is 23.7 Å². The number of allylic oxidation sites excluding steroid dienone is 1. The van der Waals surface area contributed by atoms with Crippen molar-refractivity contribution in [2.75, 3.05) is 0 Å². The fraction of sp³-hybridized carbons (Fsp3) is 0.897. The lowest BCUT2D eigenvalue weighted by atomic mass is 9.62. The lowest BCUT2D eigenvalue weighted by Gasteiger charge is -2.45. The minimum absolute atomic E-state index is 0.679. The average molecular weight is 412 g/mol. The first-order valence-electron chi connectivity index (χ1n) is 14.1. The van der Waals surface area contributed by atoms with Gasteiger partial charge in [-0.1, -0.05) is 109 Å². The first-order chi connectivity index (χ1) is 14.9. The lowest BCUT2D eigenvalue weighted by Crippen LogP contribution is -2.40.